The molecule has 4 fully saturated rings. The average molecular weight is 1920 g/mol. The summed E-state index contributed by atoms with van der Waals surface area (Å²) in [7, 11) is -35.1. The minimum Gasteiger partial charge on any atom is -0.386 e. The largest absolute Gasteiger partial charge is 0.640 e. The molecule has 4 saturated heterocycles. The summed E-state index contributed by atoms with van der Waals surface area (Å²) >= 11 is 0. The number of halogens is 20. The van der Waals surface area contributed by atoms with Gasteiger partial charge >= 0.3 is 115 Å². The SMILES string of the molecule is CC(C)OB(OCc1cc(F)ccc1OS(=O)(=O)C(F)(F)F)OC(C)C.CC1(C)OB(OCc2cc(F)ccc2OS(=O)(=O)C(F)(F)F)OC1(C)C.O=S(=O)(Oc1ccc(F)cc1COB1OCC(c2ccccc2)O1)C(F)(F)F.O=S(=O)(Oc1ccc(F)cc1COB1OCCCO1)C(F)(F)F.O=S(=O)(Oc1ccc(F)cc1COB1OCCO1)C(F)(F)F. The molecule has 4 heterocycles. The molecule has 10 rings (SSSR count). The summed E-state index contributed by atoms with van der Waals surface area (Å²) in [5.41, 5.74) is -29.9. The Morgan fingerprint density at radius 1 is 0.368 bits per heavy atom. The molecule has 6 aromatic carbocycles. The van der Waals surface area contributed by atoms with Crippen molar-refractivity contribution in [3.63, 3.8) is 0 Å². The second-order valence-corrected chi connectivity index (χ2v) is 34.2. The molecule has 0 aromatic heterocycles. The monoisotopic (exact) mass is 1920 g/mol. The van der Waals surface area contributed by atoms with Crippen LogP contribution in [0.15, 0.2) is 121 Å². The third kappa shape index (κ3) is 32.8. The van der Waals surface area contributed by atoms with E-state index in [0.29, 0.717) is 19.6 Å². The molecule has 125 heavy (non-hydrogen) atoms. The van der Waals surface area contributed by atoms with Crippen molar-refractivity contribution in [1.29, 1.82) is 0 Å². The van der Waals surface area contributed by atoms with E-state index in [1.807, 2.05) is 30.3 Å². The van der Waals surface area contributed by atoms with Crippen LogP contribution >= 0.6 is 0 Å². The van der Waals surface area contributed by atoms with E-state index in [4.69, 9.17) is 69.8 Å². The Hall–Kier alpha value is -7.61. The number of alkyl halides is 15. The minimum atomic E-state index is -5.91. The van der Waals surface area contributed by atoms with Crippen molar-refractivity contribution >= 4 is 87.2 Å². The van der Waals surface area contributed by atoms with Gasteiger partial charge in [-0.05, 0) is 158 Å². The number of benzene rings is 6. The summed E-state index contributed by atoms with van der Waals surface area (Å²) in [6.07, 6.45) is -0.363. The lowest BCUT2D eigenvalue weighted by molar-refractivity contribution is -0.0505. The molecule has 4 aliphatic rings. The Labute approximate surface area is 702 Å². The first-order valence-corrected chi connectivity index (χ1v) is 42.0. The van der Waals surface area contributed by atoms with Gasteiger partial charge in [-0.15, -0.1) is 0 Å². The number of rotatable bonds is 30. The normalized spacial score (nSPS) is 16.5. The molecule has 1 atom stereocenters. The van der Waals surface area contributed by atoms with E-state index in [1.54, 1.807) is 55.4 Å². The topological polar surface area (TPSA) is 355 Å². The molecule has 0 bridgehead atoms. The van der Waals surface area contributed by atoms with Gasteiger partial charge in [0.1, 0.15) is 57.8 Å². The predicted octanol–water partition coefficient (Wildman–Crippen LogP) is 13.5. The van der Waals surface area contributed by atoms with Crippen LogP contribution in [0.1, 0.15) is 101 Å². The second kappa shape index (κ2) is 44.1. The summed E-state index contributed by atoms with van der Waals surface area (Å²) < 4.78 is 463. The zero-order valence-corrected chi connectivity index (χ0v) is 69.4. The summed E-state index contributed by atoms with van der Waals surface area (Å²) in [5.74, 6) is -7.56. The first-order chi connectivity index (χ1) is 57.5. The molecule has 0 radical (unpaired) electrons. The van der Waals surface area contributed by atoms with Gasteiger partial charge in [-0.3, -0.25) is 0 Å². The van der Waals surface area contributed by atoms with Crippen molar-refractivity contribution in [3.8, 4) is 28.7 Å². The van der Waals surface area contributed by atoms with Crippen LogP contribution in [0.2, 0.25) is 0 Å². The van der Waals surface area contributed by atoms with Crippen molar-refractivity contribution in [3.05, 3.63) is 184 Å². The van der Waals surface area contributed by atoms with Gasteiger partial charge in [0.05, 0.1) is 70.2 Å². The molecular formula is C65H69B5F20O30S5. The summed E-state index contributed by atoms with van der Waals surface area (Å²) in [4.78, 5) is 0. The standard InChI is InChI=1S/C16H13BF4O6S.C14H17BF4O6S.C14H19BF4O6S.C11H11BF4O6S.C10H9BF4O6S/c18-13-6-7-14(27-28(22,23)16(19,20)21)12(8-13)9-24-17-25-10-15(26-17)11-4-2-1-3-5-11;1-12(2)13(3,4)25-15(24-12)22-8-9-7-10(16)5-6-11(9)23-26(20,21)14(17,18)19;1-9(2)23-15(24-10(3)4)22-8-11-7-12(16)5-6-13(11)25-26(20,21)14(17,18)19;13-9-2-3-10(22-23(17,18)11(14,15)16)8(6-9)7-21-12-19-4-1-5-20-12;12-8-1-2-9(21-22(16,17)10(13,14)15)7(5-8)6-20-11-18-3-4-19-11/h1-8,15H,9-10H2;5-7H,8H2,1-4H3;5-7,9-10H,8H2,1-4H3;2-3,6H,1,4-5,7H2;1-2,5H,3-4,6H2. The van der Waals surface area contributed by atoms with Gasteiger partial charge in [-0.2, -0.15) is 108 Å². The summed E-state index contributed by atoms with van der Waals surface area (Å²) in [5, 5.41) is 0. The van der Waals surface area contributed by atoms with Crippen molar-refractivity contribution < 1.29 is 221 Å². The lowest BCUT2D eigenvalue weighted by atomic mass is 9.90. The lowest BCUT2D eigenvalue weighted by Gasteiger charge is -2.31. The predicted molar refractivity (Wildman–Crippen MR) is 390 cm³/mol. The molecule has 6 aromatic rings. The maximum atomic E-state index is 13.5. The van der Waals surface area contributed by atoms with E-state index in [0.717, 1.165) is 96.6 Å². The first-order valence-electron chi connectivity index (χ1n) is 35.0. The van der Waals surface area contributed by atoms with Crippen LogP contribution < -0.4 is 20.9 Å². The van der Waals surface area contributed by atoms with Crippen LogP contribution in [-0.2, 0) is 153 Å². The van der Waals surface area contributed by atoms with Crippen LogP contribution in [0.5, 0.6) is 28.7 Å². The molecule has 0 aliphatic carbocycles. The van der Waals surface area contributed by atoms with Gasteiger partial charge in [-0.1, -0.05) is 30.3 Å². The highest BCUT2D eigenvalue weighted by atomic mass is 32.2. The second-order valence-electron chi connectivity index (χ2n) is 26.5. The van der Waals surface area contributed by atoms with Crippen LogP contribution in [0.25, 0.3) is 0 Å². The van der Waals surface area contributed by atoms with Crippen molar-refractivity contribution in [1.82, 2.24) is 0 Å². The highest BCUT2D eigenvalue weighted by molar-refractivity contribution is 7.89. The van der Waals surface area contributed by atoms with Crippen LogP contribution in [0.3, 0.4) is 0 Å². The molecule has 4 aliphatic heterocycles. The maximum absolute atomic E-state index is 13.5. The third-order valence-electron chi connectivity index (χ3n) is 15.6. The minimum absolute atomic E-state index is 0.170. The molecule has 1 unspecified atom stereocenters. The van der Waals surface area contributed by atoms with Crippen LogP contribution in [0, 0.1) is 29.1 Å². The summed E-state index contributed by atoms with van der Waals surface area (Å²) in [6, 6.07) is 20.7. The van der Waals surface area contributed by atoms with Crippen molar-refractivity contribution in [2.24, 2.45) is 0 Å². The van der Waals surface area contributed by atoms with E-state index < -0.39 is 223 Å². The quantitative estimate of drug-likeness (QED) is 0.0175. The van der Waals surface area contributed by atoms with E-state index >= 15 is 0 Å². The molecular weight excluding hydrogens is 1860 g/mol. The smallest absolute Gasteiger partial charge is 0.386 e. The number of hydrogen-bond donors (Lipinski definition) is 0. The molecule has 30 nitrogen and oxygen atoms in total. The molecule has 60 heteroatoms. The van der Waals surface area contributed by atoms with Gasteiger partial charge in [0, 0.05) is 53.2 Å². The van der Waals surface area contributed by atoms with E-state index in [-0.39, 0.29) is 59.8 Å². The third-order valence-corrected chi connectivity index (χ3v) is 20.4. The Morgan fingerprint density at radius 2 is 0.632 bits per heavy atom. The maximum Gasteiger partial charge on any atom is 0.640 e. The van der Waals surface area contributed by atoms with E-state index in [9.17, 15) is 130 Å². The summed E-state index contributed by atoms with van der Waals surface area (Å²) in [6.45, 7) is 12.8. The molecule has 694 valence electrons. The molecule has 0 amide bonds. The fourth-order valence-electron chi connectivity index (χ4n) is 9.04. The zero-order valence-electron chi connectivity index (χ0n) is 65.3. The lowest BCUT2D eigenvalue weighted by Crippen LogP contribution is -2.41. The first kappa shape index (κ1) is 106. The molecule has 0 N–H and O–H groups in total. The Bertz CT molecular complexity index is 5000. The fraction of sp³-hybridized carbons (Fsp3) is 0.446. The van der Waals surface area contributed by atoms with Crippen molar-refractivity contribution in [2.45, 2.75) is 152 Å². The Balaban J connectivity index is 0.000000242. The molecule has 0 saturated carbocycles. The van der Waals surface area contributed by atoms with Gasteiger partial charge in [0.25, 0.3) is 0 Å². The highest BCUT2D eigenvalue weighted by Crippen LogP contribution is 2.40. The highest BCUT2D eigenvalue weighted by Gasteiger charge is 2.55. The molecule has 0 spiro atoms. The van der Waals surface area contributed by atoms with Gasteiger partial charge in [0.15, 0.2) is 0 Å². The van der Waals surface area contributed by atoms with Gasteiger partial charge < -0.3 is 90.7 Å². The van der Waals surface area contributed by atoms with Crippen LogP contribution in [-0.4, -0.2) is 163 Å². The Morgan fingerprint density at radius 3 is 0.912 bits per heavy atom. The van der Waals surface area contributed by atoms with E-state index in [2.05, 4.69) is 20.9 Å². The average Bonchev–Trinajstić information content (AvgIpc) is 1.54. The number of hydrogen-bond acceptors (Lipinski definition) is 30. The Kier molecular flexibility index (Phi) is 37.5. The fourth-order valence-corrected chi connectivity index (χ4v) is 11.5. The van der Waals surface area contributed by atoms with Gasteiger partial charge in [-0.25, -0.2) is 22.0 Å². The van der Waals surface area contributed by atoms with Gasteiger partial charge in [0.2, 0.25) is 0 Å². The van der Waals surface area contributed by atoms with E-state index in [1.165, 1.54) is 0 Å². The van der Waals surface area contributed by atoms with Crippen LogP contribution in [0.4, 0.5) is 87.8 Å². The van der Waals surface area contributed by atoms with Crippen molar-refractivity contribution in [2.75, 3.05) is 33.0 Å². The zero-order chi connectivity index (χ0) is 93.9.